The van der Waals surface area contributed by atoms with Gasteiger partial charge in [0.25, 0.3) is 0 Å². The molecule has 1 nitrogen and oxygen atoms in total. The van der Waals surface area contributed by atoms with E-state index in [1.165, 1.54) is 0 Å². The molecule has 0 aliphatic rings. The van der Waals surface area contributed by atoms with Gasteiger partial charge in [0, 0.05) is 7.05 Å². The Hall–Kier alpha value is -0.770. The van der Waals surface area contributed by atoms with Gasteiger partial charge in [0.15, 0.2) is 0 Å². The van der Waals surface area contributed by atoms with Crippen LogP contribution in [0.2, 0.25) is 0 Å². The number of nitrogens with zero attached hydrogens (tertiary/aromatic N) is 1. The van der Waals surface area contributed by atoms with Crippen LogP contribution in [-0.4, -0.2) is 12.8 Å². The predicted octanol–water partition coefficient (Wildman–Crippen LogP) is 1.10. The molecule has 38 valence electrons. The zero-order valence-electron chi connectivity index (χ0n) is 4.95. The van der Waals surface area contributed by atoms with Crippen molar-refractivity contribution in [2.75, 3.05) is 7.05 Å². The van der Waals surface area contributed by atoms with Crippen molar-refractivity contribution in [3.63, 3.8) is 0 Å². The van der Waals surface area contributed by atoms with Gasteiger partial charge in [-0.25, -0.2) is 0 Å². The van der Waals surface area contributed by atoms with Gasteiger partial charge in [-0.2, -0.15) is 0 Å². The maximum absolute atomic E-state index is 3.82. The summed E-state index contributed by atoms with van der Waals surface area (Å²) in [5.74, 6) is 5.53. The molecule has 0 fully saturated rings. The van der Waals surface area contributed by atoms with Gasteiger partial charge in [-0.3, -0.25) is 4.99 Å². The third kappa shape index (κ3) is 3.05. The SMILES string of the molecule is CC#CC(C)=NC. The highest BCUT2D eigenvalue weighted by Crippen LogP contribution is 1.67. The Kier molecular flexibility index (Phi) is 3.04. The van der Waals surface area contributed by atoms with Crippen LogP contribution < -0.4 is 0 Å². The van der Waals surface area contributed by atoms with E-state index in [4.69, 9.17) is 0 Å². The highest BCUT2D eigenvalue weighted by Gasteiger charge is 1.70. The molecule has 0 saturated heterocycles. The first-order valence-corrected chi connectivity index (χ1v) is 2.17. The van der Waals surface area contributed by atoms with E-state index in [1.54, 1.807) is 14.0 Å². The summed E-state index contributed by atoms with van der Waals surface area (Å²) < 4.78 is 0. The van der Waals surface area contributed by atoms with Crippen molar-refractivity contribution < 1.29 is 0 Å². The van der Waals surface area contributed by atoms with Crippen LogP contribution in [-0.2, 0) is 0 Å². The van der Waals surface area contributed by atoms with Gasteiger partial charge in [-0.05, 0) is 13.8 Å². The molecule has 0 aliphatic heterocycles. The number of hydrogen-bond donors (Lipinski definition) is 0. The van der Waals surface area contributed by atoms with Gasteiger partial charge < -0.3 is 0 Å². The zero-order valence-corrected chi connectivity index (χ0v) is 4.95. The van der Waals surface area contributed by atoms with E-state index in [1.807, 2.05) is 6.92 Å². The van der Waals surface area contributed by atoms with Crippen molar-refractivity contribution in [2.24, 2.45) is 4.99 Å². The van der Waals surface area contributed by atoms with Crippen molar-refractivity contribution in [1.29, 1.82) is 0 Å². The third-order valence-corrected chi connectivity index (χ3v) is 0.641. The minimum Gasteiger partial charge on any atom is -0.284 e. The molecule has 0 rings (SSSR count). The molecule has 0 spiro atoms. The molecule has 0 bridgehead atoms. The van der Waals surface area contributed by atoms with Crippen molar-refractivity contribution in [3.8, 4) is 11.8 Å². The maximum atomic E-state index is 3.82. The molecule has 0 radical (unpaired) electrons. The summed E-state index contributed by atoms with van der Waals surface area (Å²) in [5, 5.41) is 0. The summed E-state index contributed by atoms with van der Waals surface area (Å²) in [7, 11) is 1.74. The van der Waals surface area contributed by atoms with Crippen LogP contribution in [0.15, 0.2) is 4.99 Å². The van der Waals surface area contributed by atoms with Crippen LogP contribution in [0.4, 0.5) is 0 Å². The minimum absolute atomic E-state index is 0.891. The summed E-state index contributed by atoms with van der Waals surface area (Å²) in [6, 6.07) is 0. The van der Waals surface area contributed by atoms with Gasteiger partial charge in [0.1, 0.15) is 0 Å². The normalized spacial score (nSPS) is 9.86. The highest BCUT2D eigenvalue weighted by molar-refractivity contribution is 5.98. The lowest BCUT2D eigenvalue weighted by Crippen LogP contribution is -1.80. The fraction of sp³-hybridized carbons (Fsp3) is 0.500. The lowest BCUT2D eigenvalue weighted by molar-refractivity contribution is 1.44. The Labute approximate surface area is 44.5 Å². The summed E-state index contributed by atoms with van der Waals surface area (Å²) >= 11 is 0. The molecule has 1 heteroatoms. The Morgan fingerprint density at radius 3 is 2.29 bits per heavy atom. The summed E-state index contributed by atoms with van der Waals surface area (Å²) in [5.41, 5.74) is 0.891. The Balaban J connectivity index is 3.75. The average Bonchev–Trinajstić information content (AvgIpc) is 1.68. The molecule has 0 aromatic rings. The first-order valence-electron chi connectivity index (χ1n) is 2.17. The van der Waals surface area contributed by atoms with Crippen LogP contribution in [0.3, 0.4) is 0 Å². The second kappa shape index (κ2) is 3.42. The first-order chi connectivity index (χ1) is 3.31. The Morgan fingerprint density at radius 2 is 2.14 bits per heavy atom. The Bertz CT molecular complexity index is 123. The standard InChI is InChI=1S/C6H9N/c1-4-5-6(2)7-3/h1-3H3. The quantitative estimate of drug-likeness (QED) is 0.315. The van der Waals surface area contributed by atoms with Crippen LogP contribution in [0, 0.1) is 11.8 Å². The first kappa shape index (κ1) is 6.23. The van der Waals surface area contributed by atoms with E-state index in [-0.39, 0.29) is 0 Å². The molecular weight excluding hydrogens is 86.1 g/mol. The van der Waals surface area contributed by atoms with Crippen LogP contribution in [0.1, 0.15) is 13.8 Å². The van der Waals surface area contributed by atoms with Gasteiger partial charge >= 0.3 is 0 Å². The van der Waals surface area contributed by atoms with E-state index in [0.29, 0.717) is 0 Å². The molecule has 7 heavy (non-hydrogen) atoms. The molecule has 0 aliphatic carbocycles. The van der Waals surface area contributed by atoms with Gasteiger partial charge in [0.2, 0.25) is 0 Å². The smallest absolute Gasteiger partial charge is 0.0809 e. The molecule has 0 heterocycles. The second-order valence-corrected chi connectivity index (χ2v) is 1.18. The number of rotatable bonds is 0. The van der Waals surface area contributed by atoms with E-state index >= 15 is 0 Å². The molecule has 0 unspecified atom stereocenters. The second-order valence-electron chi connectivity index (χ2n) is 1.18. The Morgan fingerprint density at radius 1 is 1.57 bits per heavy atom. The van der Waals surface area contributed by atoms with E-state index in [9.17, 15) is 0 Å². The van der Waals surface area contributed by atoms with E-state index in [2.05, 4.69) is 16.8 Å². The van der Waals surface area contributed by atoms with Crippen LogP contribution in [0.5, 0.6) is 0 Å². The monoisotopic (exact) mass is 95.1 g/mol. The van der Waals surface area contributed by atoms with E-state index < -0.39 is 0 Å². The lowest BCUT2D eigenvalue weighted by atomic mass is 10.4. The van der Waals surface area contributed by atoms with E-state index in [0.717, 1.165) is 5.71 Å². The summed E-state index contributed by atoms with van der Waals surface area (Å²) in [6.45, 7) is 3.69. The van der Waals surface area contributed by atoms with Crippen molar-refractivity contribution in [2.45, 2.75) is 13.8 Å². The van der Waals surface area contributed by atoms with Gasteiger partial charge in [-0.1, -0.05) is 5.92 Å². The number of aliphatic imine (C=N–C) groups is 1. The molecule has 0 aromatic carbocycles. The molecule has 0 N–H and O–H groups in total. The van der Waals surface area contributed by atoms with Crippen molar-refractivity contribution in [1.82, 2.24) is 0 Å². The van der Waals surface area contributed by atoms with Gasteiger partial charge in [0.05, 0.1) is 5.71 Å². The highest BCUT2D eigenvalue weighted by atomic mass is 14.7. The number of hydrogen-bond acceptors (Lipinski definition) is 1. The van der Waals surface area contributed by atoms with Crippen molar-refractivity contribution >= 4 is 5.71 Å². The third-order valence-electron chi connectivity index (χ3n) is 0.641. The average molecular weight is 95.1 g/mol. The lowest BCUT2D eigenvalue weighted by Gasteiger charge is -1.76. The molecular formula is C6H9N. The van der Waals surface area contributed by atoms with Crippen molar-refractivity contribution in [3.05, 3.63) is 0 Å². The topological polar surface area (TPSA) is 12.4 Å². The molecule has 0 aromatic heterocycles. The fourth-order valence-electron chi connectivity index (χ4n) is 0.237. The molecule has 0 atom stereocenters. The maximum Gasteiger partial charge on any atom is 0.0809 e. The van der Waals surface area contributed by atoms with Crippen LogP contribution in [0.25, 0.3) is 0 Å². The minimum atomic E-state index is 0.891. The predicted molar refractivity (Wildman–Crippen MR) is 32.5 cm³/mol. The molecule has 0 saturated carbocycles. The zero-order chi connectivity index (χ0) is 5.70. The molecule has 0 amide bonds. The largest absolute Gasteiger partial charge is 0.284 e. The fourth-order valence-corrected chi connectivity index (χ4v) is 0.237. The van der Waals surface area contributed by atoms with Crippen LogP contribution >= 0.6 is 0 Å². The van der Waals surface area contributed by atoms with Gasteiger partial charge in [-0.15, -0.1) is 5.92 Å². The summed E-state index contributed by atoms with van der Waals surface area (Å²) in [4.78, 5) is 3.82. The summed E-state index contributed by atoms with van der Waals surface area (Å²) in [6.07, 6.45) is 0.